The van der Waals surface area contributed by atoms with E-state index in [2.05, 4.69) is 28.7 Å². The molecule has 3 rings (SSSR count). The van der Waals surface area contributed by atoms with E-state index in [1.165, 1.54) is 0 Å². The second-order valence-corrected chi connectivity index (χ2v) is 8.30. The van der Waals surface area contributed by atoms with Crippen LogP contribution < -0.4 is 9.80 Å². The Kier molecular flexibility index (Phi) is 4.16. The summed E-state index contributed by atoms with van der Waals surface area (Å²) < 4.78 is 0.243. The van der Waals surface area contributed by atoms with Crippen molar-refractivity contribution in [3.05, 3.63) is 12.4 Å². The summed E-state index contributed by atoms with van der Waals surface area (Å²) in [4.78, 5) is 26.8. The normalized spacial score (nSPS) is 22.1. The van der Waals surface area contributed by atoms with E-state index in [1.54, 1.807) is 11.2 Å². The van der Waals surface area contributed by atoms with Gasteiger partial charge in [0.1, 0.15) is 18.0 Å². The quantitative estimate of drug-likeness (QED) is 0.813. The molecule has 2 saturated heterocycles. The molecular weight excluding hydrogens is 298 g/mol. The highest BCUT2D eigenvalue weighted by Gasteiger charge is 2.28. The molecule has 3 heterocycles. The standard InChI is InChI=1S/C15H23N5OS/c1-15(2)10-20(6-7-22-15)13-8-12(16-11-17-13)19-5-4-18(3)14(21)9-19/h8,11H,4-7,9-10H2,1-3H3. The predicted molar refractivity (Wildman–Crippen MR) is 90.6 cm³/mol. The number of aromatic nitrogens is 2. The average Bonchev–Trinajstić information content (AvgIpc) is 2.49. The molecule has 1 amide bonds. The van der Waals surface area contributed by atoms with Gasteiger partial charge in [0.05, 0.1) is 6.54 Å². The Balaban J connectivity index is 1.77. The van der Waals surface area contributed by atoms with Crippen LogP contribution in [0.5, 0.6) is 0 Å². The van der Waals surface area contributed by atoms with Crippen molar-refractivity contribution in [2.24, 2.45) is 0 Å². The summed E-state index contributed by atoms with van der Waals surface area (Å²) in [6.45, 7) is 8.48. The van der Waals surface area contributed by atoms with Crippen molar-refractivity contribution in [2.45, 2.75) is 18.6 Å². The first-order chi connectivity index (χ1) is 10.4. The van der Waals surface area contributed by atoms with E-state index in [9.17, 15) is 4.79 Å². The molecule has 22 heavy (non-hydrogen) atoms. The number of hydrogen-bond donors (Lipinski definition) is 0. The fourth-order valence-electron chi connectivity index (χ4n) is 2.85. The van der Waals surface area contributed by atoms with Gasteiger partial charge in [-0.2, -0.15) is 11.8 Å². The number of amides is 1. The van der Waals surface area contributed by atoms with Crippen molar-refractivity contribution in [3.63, 3.8) is 0 Å². The molecule has 7 heteroatoms. The van der Waals surface area contributed by atoms with Gasteiger partial charge in [0.15, 0.2) is 0 Å². The molecule has 0 saturated carbocycles. The Bertz CT molecular complexity index is 565. The van der Waals surface area contributed by atoms with Gasteiger partial charge in [0.25, 0.3) is 0 Å². The van der Waals surface area contributed by atoms with Crippen LogP contribution in [-0.2, 0) is 4.79 Å². The molecule has 0 bridgehead atoms. The fraction of sp³-hybridized carbons (Fsp3) is 0.667. The van der Waals surface area contributed by atoms with Crippen LogP contribution in [0.25, 0.3) is 0 Å². The summed E-state index contributed by atoms with van der Waals surface area (Å²) in [5.41, 5.74) is 0. The second-order valence-electron chi connectivity index (χ2n) is 6.50. The molecule has 1 aromatic rings. The highest BCUT2D eigenvalue weighted by molar-refractivity contribution is 8.00. The van der Waals surface area contributed by atoms with Gasteiger partial charge in [-0.3, -0.25) is 4.79 Å². The number of carbonyl (C=O) groups is 1. The topological polar surface area (TPSA) is 52.6 Å². The molecule has 0 N–H and O–H groups in total. The minimum Gasteiger partial charge on any atom is -0.354 e. The molecule has 2 aliphatic rings. The molecule has 0 atom stereocenters. The highest BCUT2D eigenvalue weighted by Crippen LogP contribution is 2.32. The van der Waals surface area contributed by atoms with Crippen molar-refractivity contribution in [3.8, 4) is 0 Å². The van der Waals surface area contributed by atoms with E-state index >= 15 is 0 Å². The Labute approximate surface area is 135 Å². The molecule has 2 fully saturated rings. The monoisotopic (exact) mass is 321 g/mol. The van der Waals surface area contributed by atoms with Crippen LogP contribution in [0.3, 0.4) is 0 Å². The summed E-state index contributed by atoms with van der Waals surface area (Å²) in [5, 5.41) is 0. The van der Waals surface area contributed by atoms with Crippen LogP contribution in [0.2, 0.25) is 0 Å². The summed E-state index contributed by atoms with van der Waals surface area (Å²) >= 11 is 2.01. The van der Waals surface area contributed by atoms with E-state index in [1.807, 2.05) is 29.8 Å². The van der Waals surface area contributed by atoms with E-state index in [4.69, 9.17) is 0 Å². The molecule has 1 aromatic heterocycles. The lowest BCUT2D eigenvalue weighted by Gasteiger charge is -2.38. The van der Waals surface area contributed by atoms with Crippen molar-refractivity contribution >= 4 is 29.3 Å². The summed E-state index contributed by atoms with van der Waals surface area (Å²) in [7, 11) is 1.85. The average molecular weight is 321 g/mol. The molecule has 0 aromatic carbocycles. The highest BCUT2D eigenvalue weighted by atomic mass is 32.2. The Morgan fingerprint density at radius 1 is 1.14 bits per heavy atom. The molecular formula is C15H23N5OS. The maximum Gasteiger partial charge on any atom is 0.241 e. The van der Waals surface area contributed by atoms with E-state index in [-0.39, 0.29) is 10.7 Å². The van der Waals surface area contributed by atoms with Gasteiger partial charge in [-0.1, -0.05) is 0 Å². The molecule has 0 aliphatic carbocycles. The van der Waals surface area contributed by atoms with Crippen LogP contribution >= 0.6 is 11.8 Å². The maximum absolute atomic E-state index is 11.9. The molecule has 0 radical (unpaired) electrons. The lowest BCUT2D eigenvalue weighted by atomic mass is 10.2. The Morgan fingerprint density at radius 2 is 1.86 bits per heavy atom. The lowest BCUT2D eigenvalue weighted by Crippen LogP contribution is -2.49. The van der Waals surface area contributed by atoms with Crippen molar-refractivity contribution in [2.75, 3.05) is 55.3 Å². The number of hydrogen-bond acceptors (Lipinski definition) is 6. The molecule has 2 aliphatic heterocycles. The largest absolute Gasteiger partial charge is 0.354 e. The first-order valence-electron chi connectivity index (χ1n) is 7.64. The lowest BCUT2D eigenvalue weighted by molar-refractivity contribution is -0.129. The van der Waals surface area contributed by atoms with Crippen molar-refractivity contribution in [1.82, 2.24) is 14.9 Å². The molecule has 120 valence electrons. The number of nitrogens with zero attached hydrogens (tertiary/aromatic N) is 5. The smallest absolute Gasteiger partial charge is 0.241 e. The van der Waals surface area contributed by atoms with Crippen LogP contribution in [-0.4, -0.2) is 71.0 Å². The van der Waals surface area contributed by atoms with Crippen molar-refractivity contribution < 1.29 is 4.79 Å². The SMILES string of the molecule is CN1CCN(c2cc(N3CCSC(C)(C)C3)ncn2)CC1=O. The van der Waals surface area contributed by atoms with E-state index < -0.39 is 0 Å². The van der Waals surface area contributed by atoms with Crippen LogP contribution in [0.4, 0.5) is 11.6 Å². The predicted octanol–water partition coefficient (Wildman–Crippen LogP) is 1.09. The Hall–Kier alpha value is -1.50. The van der Waals surface area contributed by atoms with E-state index in [0.717, 1.165) is 43.6 Å². The number of anilines is 2. The summed E-state index contributed by atoms with van der Waals surface area (Å²) in [6, 6.07) is 2.02. The first-order valence-corrected chi connectivity index (χ1v) is 8.63. The zero-order valence-corrected chi connectivity index (χ0v) is 14.3. The third kappa shape index (κ3) is 3.29. The van der Waals surface area contributed by atoms with Gasteiger partial charge in [-0.25, -0.2) is 9.97 Å². The van der Waals surface area contributed by atoms with Crippen LogP contribution in [0.1, 0.15) is 13.8 Å². The van der Waals surface area contributed by atoms with Gasteiger partial charge < -0.3 is 14.7 Å². The Morgan fingerprint density at radius 3 is 2.55 bits per heavy atom. The van der Waals surface area contributed by atoms with Crippen LogP contribution in [0, 0.1) is 0 Å². The maximum atomic E-state index is 11.9. The number of piperazine rings is 1. The molecule has 0 unspecified atom stereocenters. The first kappa shape index (κ1) is 15.4. The van der Waals surface area contributed by atoms with Crippen LogP contribution in [0.15, 0.2) is 12.4 Å². The number of carbonyl (C=O) groups excluding carboxylic acids is 1. The zero-order chi connectivity index (χ0) is 15.7. The minimum atomic E-state index is 0.141. The number of likely N-dealkylation sites (N-methyl/N-ethyl adjacent to an activating group) is 1. The number of thioether (sulfide) groups is 1. The van der Waals surface area contributed by atoms with Gasteiger partial charge in [-0.15, -0.1) is 0 Å². The van der Waals surface area contributed by atoms with Gasteiger partial charge in [-0.05, 0) is 13.8 Å². The van der Waals surface area contributed by atoms with Gasteiger partial charge in [0.2, 0.25) is 5.91 Å². The third-order valence-electron chi connectivity index (χ3n) is 4.17. The van der Waals surface area contributed by atoms with E-state index in [0.29, 0.717) is 6.54 Å². The minimum absolute atomic E-state index is 0.141. The third-order valence-corrected chi connectivity index (χ3v) is 5.47. The fourth-order valence-corrected chi connectivity index (χ4v) is 3.96. The summed E-state index contributed by atoms with van der Waals surface area (Å²) in [6.07, 6.45) is 1.61. The number of rotatable bonds is 2. The van der Waals surface area contributed by atoms with Gasteiger partial charge >= 0.3 is 0 Å². The second kappa shape index (κ2) is 5.95. The molecule has 0 spiro atoms. The zero-order valence-electron chi connectivity index (χ0n) is 13.4. The molecule has 6 nitrogen and oxygen atoms in total. The van der Waals surface area contributed by atoms with Crippen molar-refractivity contribution in [1.29, 1.82) is 0 Å². The van der Waals surface area contributed by atoms with Gasteiger partial charge in [0, 0.05) is 49.8 Å². The summed E-state index contributed by atoms with van der Waals surface area (Å²) in [5.74, 6) is 3.06.